The summed E-state index contributed by atoms with van der Waals surface area (Å²) in [5, 5.41) is 10.2. The first-order valence-corrected chi connectivity index (χ1v) is 10.0. The summed E-state index contributed by atoms with van der Waals surface area (Å²) < 4.78 is 16.6. The SMILES string of the molecule is CC(=O)O[C@H](C[C@@]1(C)[C@H](CO)C[C@@H]2OC(=O)C3=CCC[C@H]1[C@@]32C)c1ccoc1. The van der Waals surface area contributed by atoms with Crippen molar-refractivity contribution in [3.63, 3.8) is 0 Å². The zero-order valence-electron chi connectivity index (χ0n) is 16.6. The minimum atomic E-state index is -0.456. The first-order valence-electron chi connectivity index (χ1n) is 10.0. The Morgan fingerprint density at radius 2 is 2.21 bits per heavy atom. The molecule has 0 aromatic carbocycles. The van der Waals surface area contributed by atoms with Crippen molar-refractivity contribution in [2.24, 2.45) is 22.7 Å². The molecular weight excluding hydrogens is 360 g/mol. The van der Waals surface area contributed by atoms with E-state index in [1.807, 2.05) is 12.1 Å². The van der Waals surface area contributed by atoms with Crippen LogP contribution in [-0.2, 0) is 19.1 Å². The largest absolute Gasteiger partial charge is 0.472 e. The first-order chi connectivity index (χ1) is 13.3. The van der Waals surface area contributed by atoms with Crippen molar-refractivity contribution in [1.82, 2.24) is 0 Å². The second-order valence-corrected chi connectivity index (χ2v) is 8.90. The lowest BCUT2D eigenvalue weighted by atomic mass is 9.46. The van der Waals surface area contributed by atoms with Gasteiger partial charge in [0.05, 0.1) is 12.5 Å². The highest BCUT2D eigenvalue weighted by Gasteiger charge is 2.65. The molecule has 0 amide bonds. The summed E-state index contributed by atoms with van der Waals surface area (Å²) in [5.41, 5.74) is 0.895. The Hall–Kier alpha value is -2.08. The third kappa shape index (κ3) is 2.72. The molecule has 3 aliphatic rings. The summed E-state index contributed by atoms with van der Waals surface area (Å²) in [6.07, 6.45) is 7.44. The van der Waals surface area contributed by atoms with E-state index in [4.69, 9.17) is 13.9 Å². The van der Waals surface area contributed by atoms with Crippen molar-refractivity contribution < 1.29 is 28.6 Å². The smallest absolute Gasteiger partial charge is 0.334 e. The molecule has 1 aromatic rings. The number of rotatable bonds is 5. The van der Waals surface area contributed by atoms with Gasteiger partial charge in [0.2, 0.25) is 0 Å². The first kappa shape index (κ1) is 19.2. The van der Waals surface area contributed by atoms with E-state index in [-0.39, 0.29) is 47.3 Å². The van der Waals surface area contributed by atoms with Gasteiger partial charge < -0.3 is 19.0 Å². The molecule has 1 N–H and O–H groups in total. The fraction of sp³-hybridized carbons (Fsp3) is 0.636. The predicted octanol–water partition coefficient (Wildman–Crippen LogP) is 3.56. The Labute approximate surface area is 164 Å². The molecule has 1 saturated carbocycles. The van der Waals surface area contributed by atoms with Gasteiger partial charge in [-0.2, -0.15) is 0 Å². The fourth-order valence-electron chi connectivity index (χ4n) is 6.12. The van der Waals surface area contributed by atoms with Gasteiger partial charge >= 0.3 is 11.9 Å². The quantitative estimate of drug-likeness (QED) is 0.776. The summed E-state index contributed by atoms with van der Waals surface area (Å²) in [7, 11) is 0. The van der Waals surface area contributed by atoms with E-state index < -0.39 is 6.10 Å². The van der Waals surface area contributed by atoms with Gasteiger partial charge in [-0.3, -0.25) is 4.79 Å². The van der Waals surface area contributed by atoms with Gasteiger partial charge in [-0.05, 0) is 49.0 Å². The lowest BCUT2D eigenvalue weighted by molar-refractivity contribution is -0.164. The number of carbonyl (C=O) groups excluding carboxylic acids is 2. The molecule has 2 fully saturated rings. The van der Waals surface area contributed by atoms with Crippen LogP contribution in [0.25, 0.3) is 0 Å². The summed E-state index contributed by atoms with van der Waals surface area (Å²) >= 11 is 0. The highest BCUT2D eigenvalue weighted by molar-refractivity contribution is 5.93. The van der Waals surface area contributed by atoms with Gasteiger partial charge in [0.1, 0.15) is 12.2 Å². The third-order valence-corrected chi connectivity index (χ3v) is 7.54. The molecule has 4 rings (SSSR count). The van der Waals surface area contributed by atoms with E-state index in [9.17, 15) is 14.7 Å². The number of ether oxygens (including phenoxy) is 2. The Balaban J connectivity index is 1.74. The van der Waals surface area contributed by atoms with Crippen molar-refractivity contribution in [2.45, 2.75) is 58.7 Å². The van der Waals surface area contributed by atoms with Crippen molar-refractivity contribution in [3.05, 3.63) is 35.8 Å². The van der Waals surface area contributed by atoms with Crippen LogP contribution in [0.5, 0.6) is 0 Å². The van der Waals surface area contributed by atoms with Gasteiger partial charge in [-0.15, -0.1) is 0 Å². The molecule has 6 atom stereocenters. The van der Waals surface area contributed by atoms with Crippen LogP contribution in [0.4, 0.5) is 0 Å². The number of hydrogen-bond donors (Lipinski definition) is 1. The topological polar surface area (TPSA) is 86.0 Å². The lowest BCUT2D eigenvalue weighted by Crippen LogP contribution is -2.56. The molecule has 1 aliphatic heterocycles. The number of allylic oxidation sites excluding steroid dienone is 1. The molecule has 6 heteroatoms. The Kier molecular flexibility index (Phi) is 4.65. The van der Waals surface area contributed by atoms with Crippen LogP contribution in [0, 0.1) is 22.7 Å². The summed E-state index contributed by atoms with van der Waals surface area (Å²) in [6, 6.07) is 1.81. The number of aliphatic hydroxyl groups is 1. The van der Waals surface area contributed by atoms with E-state index in [1.165, 1.54) is 6.92 Å². The average molecular weight is 388 g/mol. The zero-order valence-corrected chi connectivity index (χ0v) is 16.6. The van der Waals surface area contributed by atoms with Gasteiger partial charge in [-0.1, -0.05) is 19.9 Å². The van der Waals surface area contributed by atoms with Crippen molar-refractivity contribution in [2.75, 3.05) is 6.61 Å². The van der Waals surface area contributed by atoms with Crippen LogP contribution in [0.1, 0.15) is 58.1 Å². The fourth-order valence-corrected chi connectivity index (χ4v) is 6.12. The standard InChI is InChI=1S/C22H28O6/c1-13(24)27-17(14-7-8-26-12-14)10-21(2)15(11-23)9-19-22(3)16(20(25)28-19)5-4-6-18(21)22/h5,7-8,12,15,17-19,23H,4,6,9-11H2,1-3H3/t15-,17+,18+,19-,21-,22+/m0/s1. The molecule has 1 saturated heterocycles. The normalized spacial score (nSPS) is 37.6. The molecule has 0 radical (unpaired) electrons. The summed E-state index contributed by atoms with van der Waals surface area (Å²) in [6.45, 7) is 5.71. The summed E-state index contributed by atoms with van der Waals surface area (Å²) in [5.74, 6) is -0.471. The molecule has 152 valence electrons. The second-order valence-electron chi connectivity index (χ2n) is 8.90. The van der Waals surface area contributed by atoms with E-state index in [0.29, 0.717) is 12.8 Å². The maximum absolute atomic E-state index is 12.5. The average Bonchev–Trinajstić information content (AvgIpc) is 3.25. The maximum Gasteiger partial charge on any atom is 0.334 e. The molecule has 0 spiro atoms. The van der Waals surface area contributed by atoms with Crippen LogP contribution in [-0.4, -0.2) is 29.8 Å². The predicted molar refractivity (Wildman–Crippen MR) is 99.9 cm³/mol. The van der Waals surface area contributed by atoms with E-state index in [1.54, 1.807) is 12.5 Å². The minimum Gasteiger partial charge on any atom is -0.472 e. The highest BCUT2D eigenvalue weighted by Crippen LogP contribution is 2.65. The van der Waals surface area contributed by atoms with Crippen LogP contribution >= 0.6 is 0 Å². The monoisotopic (exact) mass is 388 g/mol. The second kappa shape index (κ2) is 6.76. The van der Waals surface area contributed by atoms with Gasteiger partial charge in [0.15, 0.2) is 0 Å². The number of esters is 2. The Morgan fingerprint density at radius 3 is 2.86 bits per heavy atom. The molecule has 2 aliphatic carbocycles. The zero-order chi connectivity index (χ0) is 20.1. The van der Waals surface area contributed by atoms with Gasteiger partial charge in [0, 0.05) is 30.1 Å². The van der Waals surface area contributed by atoms with Crippen molar-refractivity contribution in [3.8, 4) is 0 Å². The molecule has 2 heterocycles. The third-order valence-electron chi connectivity index (χ3n) is 7.54. The molecule has 0 unspecified atom stereocenters. The van der Waals surface area contributed by atoms with Crippen LogP contribution < -0.4 is 0 Å². The molecular formula is C22H28O6. The Morgan fingerprint density at radius 1 is 1.43 bits per heavy atom. The molecule has 0 bridgehead atoms. The van der Waals surface area contributed by atoms with Gasteiger partial charge in [0.25, 0.3) is 0 Å². The number of furan rings is 1. The lowest BCUT2D eigenvalue weighted by Gasteiger charge is -2.58. The van der Waals surface area contributed by atoms with Crippen LogP contribution in [0.3, 0.4) is 0 Å². The number of aliphatic hydroxyl groups excluding tert-OH is 1. The van der Waals surface area contributed by atoms with E-state index >= 15 is 0 Å². The van der Waals surface area contributed by atoms with E-state index in [0.717, 1.165) is 24.0 Å². The molecule has 1 aromatic heterocycles. The minimum absolute atomic E-state index is 0.00829. The van der Waals surface area contributed by atoms with Crippen molar-refractivity contribution >= 4 is 11.9 Å². The highest BCUT2D eigenvalue weighted by atomic mass is 16.6. The van der Waals surface area contributed by atoms with Crippen molar-refractivity contribution in [1.29, 1.82) is 0 Å². The Bertz CT molecular complexity index is 796. The molecule has 28 heavy (non-hydrogen) atoms. The van der Waals surface area contributed by atoms with Crippen LogP contribution in [0.15, 0.2) is 34.7 Å². The van der Waals surface area contributed by atoms with Gasteiger partial charge in [-0.25, -0.2) is 4.79 Å². The number of hydrogen-bond acceptors (Lipinski definition) is 6. The molecule has 6 nitrogen and oxygen atoms in total. The number of carbonyl (C=O) groups is 2. The van der Waals surface area contributed by atoms with E-state index in [2.05, 4.69) is 13.8 Å². The maximum atomic E-state index is 12.5. The van der Waals surface area contributed by atoms with Crippen LogP contribution in [0.2, 0.25) is 0 Å². The summed E-state index contributed by atoms with van der Waals surface area (Å²) in [4.78, 5) is 24.3.